The molecule has 2 aromatic carbocycles. The molecule has 0 heterocycles. The number of methoxy groups -OCH3 is 1. The Morgan fingerprint density at radius 3 is 2.16 bits per heavy atom. The van der Waals surface area contributed by atoms with Gasteiger partial charge in [-0.2, -0.15) is 0 Å². The molecule has 0 aliphatic rings. The van der Waals surface area contributed by atoms with Crippen LogP contribution in [-0.2, 0) is 0 Å². The first-order chi connectivity index (χ1) is 11.8. The largest absolute Gasteiger partial charge is 0.495 e. The number of anilines is 1. The van der Waals surface area contributed by atoms with Gasteiger partial charge in [0.2, 0.25) is 0 Å². The maximum Gasteiger partial charge on any atom is 0.338 e. The predicted octanol–water partition coefficient (Wildman–Crippen LogP) is 3.67. The molecular weight excluding hydrogens is 318 g/mol. The Labute approximate surface area is 147 Å². The van der Waals surface area contributed by atoms with Gasteiger partial charge in [0.25, 0.3) is 5.91 Å². The van der Waals surface area contributed by atoms with Gasteiger partial charge in [0.15, 0.2) is 0 Å². The summed E-state index contributed by atoms with van der Waals surface area (Å²) in [5.41, 5.74) is 3.04. The van der Waals surface area contributed by atoms with Crippen molar-refractivity contribution in [3.05, 3.63) is 60.2 Å². The molecule has 0 aliphatic carbocycles. The van der Waals surface area contributed by atoms with Crippen LogP contribution in [0.5, 0.6) is 5.75 Å². The van der Waals surface area contributed by atoms with E-state index in [0.717, 1.165) is 0 Å². The summed E-state index contributed by atoms with van der Waals surface area (Å²) in [5.74, 6) is 0.248. The monoisotopic (exact) mass is 341 g/mol. The molecule has 132 valence electrons. The Balaban J connectivity index is 2.17. The number of nitrogens with one attached hydrogen (secondary N) is 2. The minimum Gasteiger partial charge on any atom is -0.495 e. The van der Waals surface area contributed by atoms with Crippen molar-refractivity contribution in [1.82, 2.24) is 10.4 Å². The van der Waals surface area contributed by atoms with Gasteiger partial charge < -0.3 is 10.1 Å². The summed E-state index contributed by atoms with van der Waals surface area (Å²) in [5, 5.41) is 4.01. The van der Waals surface area contributed by atoms with E-state index in [0.29, 0.717) is 17.0 Å². The third-order valence-corrected chi connectivity index (χ3v) is 3.46. The van der Waals surface area contributed by atoms with Crippen LogP contribution >= 0.6 is 0 Å². The Hall–Kier alpha value is -3.02. The van der Waals surface area contributed by atoms with Crippen molar-refractivity contribution >= 4 is 17.6 Å². The molecule has 0 atom stereocenters. The van der Waals surface area contributed by atoms with Crippen LogP contribution in [0.25, 0.3) is 0 Å². The number of carbonyl (C=O) groups is 2. The number of urea groups is 1. The fraction of sp³-hybridized carbons (Fsp3) is 0.263. The molecular formula is C19H23N3O3. The zero-order valence-electron chi connectivity index (χ0n) is 14.9. The molecule has 0 saturated carbocycles. The lowest BCUT2D eigenvalue weighted by Crippen LogP contribution is -2.56. The number of hydrazine groups is 1. The summed E-state index contributed by atoms with van der Waals surface area (Å²) >= 11 is 0. The summed E-state index contributed by atoms with van der Waals surface area (Å²) in [6, 6.07) is 15.3. The third-order valence-electron chi connectivity index (χ3n) is 3.46. The molecule has 0 unspecified atom stereocenters. The molecule has 3 amide bonds. The second-order valence-corrected chi connectivity index (χ2v) is 6.44. The van der Waals surface area contributed by atoms with E-state index in [1.165, 1.54) is 12.1 Å². The molecule has 0 bridgehead atoms. The molecule has 2 aromatic rings. The van der Waals surface area contributed by atoms with Crippen LogP contribution in [0.4, 0.5) is 10.5 Å². The van der Waals surface area contributed by atoms with E-state index in [-0.39, 0.29) is 5.91 Å². The topological polar surface area (TPSA) is 70.7 Å². The van der Waals surface area contributed by atoms with Crippen LogP contribution < -0.4 is 15.5 Å². The summed E-state index contributed by atoms with van der Waals surface area (Å²) in [6.07, 6.45) is 0. The number of hydrogen-bond donors (Lipinski definition) is 2. The number of ether oxygens (including phenoxy) is 1. The van der Waals surface area contributed by atoms with Gasteiger partial charge in [-0.05, 0) is 45.0 Å². The molecule has 6 nitrogen and oxygen atoms in total. The van der Waals surface area contributed by atoms with Crippen LogP contribution in [0.15, 0.2) is 54.6 Å². The zero-order valence-corrected chi connectivity index (χ0v) is 14.9. The lowest BCUT2D eigenvalue weighted by atomic mass is 10.1. The van der Waals surface area contributed by atoms with Gasteiger partial charge >= 0.3 is 6.03 Å². The van der Waals surface area contributed by atoms with E-state index in [1.54, 1.807) is 42.5 Å². The number of nitrogens with zero attached hydrogens (tertiary/aromatic N) is 1. The van der Waals surface area contributed by atoms with Crippen LogP contribution in [0, 0.1) is 0 Å². The standard InChI is InChI=1S/C19H23N3O3/c1-19(2,3)22(17(23)14-10-6-5-7-11-14)21-18(24)20-15-12-8-9-13-16(15)25-4/h5-13H,1-4H3,(H2,20,21,24). The first-order valence-electron chi connectivity index (χ1n) is 7.93. The Morgan fingerprint density at radius 1 is 0.960 bits per heavy atom. The van der Waals surface area contributed by atoms with Crippen molar-refractivity contribution in [1.29, 1.82) is 0 Å². The fourth-order valence-electron chi connectivity index (χ4n) is 2.23. The van der Waals surface area contributed by atoms with E-state index in [9.17, 15) is 9.59 Å². The number of benzene rings is 2. The van der Waals surface area contributed by atoms with Crippen molar-refractivity contribution in [2.24, 2.45) is 0 Å². The number of rotatable bonds is 3. The highest BCUT2D eigenvalue weighted by Gasteiger charge is 2.29. The fourth-order valence-corrected chi connectivity index (χ4v) is 2.23. The maximum atomic E-state index is 12.8. The number of amides is 3. The molecule has 0 aromatic heterocycles. The van der Waals surface area contributed by atoms with Crippen LogP contribution in [0.3, 0.4) is 0 Å². The quantitative estimate of drug-likeness (QED) is 0.837. The summed E-state index contributed by atoms with van der Waals surface area (Å²) < 4.78 is 5.21. The maximum absolute atomic E-state index is 12.8. The molecule has 0 saturated heterocycles. The average Bonchev–Trinajstić information content (AvgIpc) is 2.59. The smallest absolute Gasteiger partial charge is 0.338 e. The SMILES string of the molecule is COc1ccccc1NC(=O)NN(C(=O)c1ccccc1)C(C)(C)C. The zero-order chi connectivity index (χ0) is 18.4. The van der Waals surface area contributed by atoms with E-state index in [1.807, 2.05) is 32.9 Å². The molecule has 0 radical (unpaired) electrons. The van der Waals surface area contributed by atoms with Crippen molar-refractivity contribution in [3.63, 3.8) is 0 Å². The Morgan fingerprint density at radius 2 is 1.56 bits per heavy atom. The summed E-state index contributed by atoms with van der Waals surface area (Å²) in [7, 11) is 1.53. The van der Waals surface area contributed by atoms with Gasteiger partial charge in [0, 0.05) is 5.56 Å². The first-order valence-corrected chi connectivity index (χ1v) is 7.93. The van der Waals surface area contributed by atoms with Crippen molar-refractivity contribution < 1.29 is 14.3 Å². The highest BCUT2D eigenvalue weighted by Crippen LogP contribution is 2.23. The molecule has 0 spiro atoms. The Bertz CT molecular complexity index is 739. The molecule has 2 rings (SSSR count). The molecule has 2 N–H and O–H groups in total. The highest BCUT2D eigenvalue weighted by molar-refractivity contribution is 5.97. The van der Waals surface area contributed by atoms with Gasteiger partial charge in [0.05, 0.1) is 18.3 Å². The van der Waals surface area contributed by atoms with Crippen molar-refractivity contribution in [2.75, 3.05) is 12.4 Å². The number of para-hydroxylation sites is 2. The van der Waals surface area contributed by atoms with Gasteiger partial charge in [0.1, 0.15) is 5.75 Å². The Kier molecular flexibility index (Phi) is 5.64. The van der Waals surface area contributed by atoms with Crippen molar-refractivity contribution in [3.8, 4) is 5.75 Å². The second-order valence-electron chi connectivity index (χ2n) is 6.44. The van der Waals surface area contributed by atoms with E-state index >= 15 is 0 Å². The molecule has 0 fully saturated rings. The van der Waals surface area contributed by atoms with Crippen LogP contribution in [-0.4, -0.2) is 29.6 Å². The minimum absolute atomic E-state index is 0.289. The summed E-state index contributed by atoms with van der Waals surface area (Å²) in [6.45, 7) is 5.53. The van der Waals surface area contributed by atoms with Gasteiger partial charge in [-0.25, -0.2) is 15.2 Å². The second kappa shape index (κ2) is 7.70. The van der Waals surface area contributed by atoms with Gasteiger partial charge in [-0.1, -0.05) is 30.3 Å². The lowest BCUT2D eigenvalue weighted by Gasteiger charge is -2.35. The summed E-state index contributed by atoms with van der Waals surface area (Å²) in [4.78, 5) is 25.2. The average molecular weight is 341 g/mol. The molecule has 25 heavy (non-hydrogen) atoms. The molecule has 0 aliphatic heterocycles. The van der Waals surface area contributed by atoms with Crippen LogP contribution in [0.2, 0.25) is 0 Å². The van der Waals surface area contributed by atoms with E-state index in [4.69, 9.17) is 4.74 Å². The minimum atomic E-state index is -0.606. The third kappa shape index (κ3) is 4.73. The van der Waals surface area contributed by atoms with Gasteiger partial charge in [-0.3, -0.25) is 4.79 Å². The highest BCUT2D eigenvalue weighted by atomic mass is 16.5. The number of hydrogen-bond acceptors (Lipinski definition) is 3. The lowest BCUT2D eigenvalue weighted by molar-refractivity contribution is 0.0460. The number of carbonyl (C=O) groups excluding carboxylic acids is 2. The normalized spacial score (nSPS) is 10.7. The van der Waals surface area contributed by atoms with Gasteiger partial charge in [-0.15, -0.1) is 0 Å². The molecule has 6 heteroatoms. The first kappa shape index (κ1) is 18.3. The predicted molar refractivity (Wildman–Crippen MR) is 97.5 cm³/mol. The van der Waals surface area contributed by atoms with Crippen molar-refractivity contribution in [2.45, 2.75) is 26.3 Å². The van der Waals surface area contributed by atoms with Crippen LogP contribution in [0.1, 0.15) is 31.1 Å². The van der Waals surface area contributed by atoms with E-state index < -0.39 is 11.6 Å². The van der Waals surface area contributed by atoms with E-state index in [2.05, 4.69) is 10.7 Å².